The number of hydrogen-bond acceptors (Lipinski definition) is 2. The first-order valence-electron chi connectivity index (χ1n) is 6.31. The van der Waals surface area contributed by atoms with Crippen LogP contribution in [0.4, 0.5) is 0 Å². The predicted octanol–water partition coefficient (Wildman–Crippen LogP) is 4.16. The molecule has 0 aromatic heterocycles. The molecule has 0 bridgehead atoms. The second-order valence-electron chi connectivity index (χ2n) is 4.38. The van der Waals surface area contributed by atoms with Gasteiger partial charge in [0.25, 0.3) is 0 Å². The zero-order valence-electron chi connectivity index (χ0n) is 10.0. The van der Waals surface area contributed by atoms with Gasteiger partial charge in [-0.15, -0.1) is 0 Å². The molecule has 0 heterocycles. The summed E-state index contributed by atoms with van der Waals surface area (Å²) in [4.78, 5) is 8.41. The van der Waals surface area contributed by atoms with E-state index in [9.17, 15) is 0 Å². The third-order valence-corrected chi connectivity index (χ3v) is 3.01. The van der Waals surface area contributed by atoms with Gasteiger partial charge in [0.15, 0.2) is 0 Å². The van der Waals surface area contributed by atoms with Crippen molar-refractivity contribution in [2.75, 3.05) is 0 Å². The van der Waals surface area contributed by atoms with Crippen LogP contribution in [0.2, 0.25) is 0 Å². The van der Waals surface area contributed by atoms with E-state index < -0.39 is 0 Å². The molecule has 17 heavy (non-hydrogen) atoms. The van der Waals surface area contributed by atoms with Crippen LogP contribution in [0.1, 0.15) is 37.7 Å². The fourth-order valence-corrected chi connectivity index (χ4v) is 2.05. The summed E-state index contributed by atoms with van der Waals surface area (Å²) in [7, 11) is 0. The summed E-state index contributed by atoms with van der Waals surface area (Å²) >= 11 is 0. The van der Waals surface area contributed by atoms with Gasteiger partial charge in [-0.25, -0.2) is 4.99 Å². The molecule has 2 rings (SSSR count). The molecule has 0 amide bonds. The lowest BCUT2D eigenvalue weighted by molar-refractivity contribution is 0.444. The number of rotatable bonds is 3. The third kappa shape index (κ3) is 4.38. The van der Waals surface area contributed by atoms with E-state index in [1.54, 1.807) is 6.20 Å². The van der Waals surface area contributed by atoms with E-state index in [0.717, 1.165) is 5.56 Å². The summed E-state index contributed by atoms with van der Waals surface area (Å²) in [5, 5.41) is 0. The number of aliphatic imine (C=N–C) groups is 2. The Morgan fingerprint density at radius 1 is 1.06 bits per heavy atom. The molecule has 1 saturated carbocycles. The molecule has 0 unspecified atom stereocenters. The highest BCUT2D eigenvalue weighted by Gasteiger charge is 2.10. The van der Waals surface area contributed by atoms with Crippen molar-refractivity contribution in [3.8, 4) is 0 Å². The molecule has 1 aromatic carbocycles. The van der Waals surface area contributed by atoms with E-state index >= 15 is 0 Å². The number of benzene rings is 1. The lowest BCUT2D eigenvalue weighted by atomic mass is 9.96. The van der Waals surface area contributed by atoms with Crippen LogP contribution >= 0.6 is 0 Å². The average molecular weight is 226 g/mol. The zero-order chi connectivity index (χ0) is 11.8. The fourth-order valence-electron chi connectivity index (χ4n) is 2.05. The van der Waals surface area contributed by atoms with Gasteiger partial charge in [0.2, 0.25) is 0 Å². The highest BCUT2D eigenvalue weighted by Crippen LogP contribution is 2.19. The first kappa shape index (κ1) is 11.8. The predicted molar refractivity (Wildman–Crippen MR) is 72.2 cm³/mol. The van der Waals surface area contributed by atoms with Crippen molar-refractivity contribution in [1.82, 2.24) is 0 Å². The monoisotopic (exact) mass is 226 g/mol. The van der Waals surface area contributed by atoms with Gasteiger partial charge in [-0.3, -0.25) is 0 Å². The van der Waals surface area contributed by atoms with Gasteiger partial charge in [0, 0.05) is 6.20 Å². The molecule has 88 valence electrons. The summed E-state index contributed by atoms with van der Waals surface area (Å²) in [6, 6.07) is 13.4. The molecule has 0 aliphatic heterocycles. The van der Waals surface area contributed by atoms with Gasteiger partial charge in [0.1, 0.15) is 0 Å². The van der Waals surface area contributed by atoms with Crippen molar-refractivity contribution < 1.29 is 0 Å². The van der Waals surface area contributed by atoms with Crippen molar-refractivity contribution >= 4 is 12.1 Å². The Balaban J connectivity index is 1.84. The summed E-state index contributed by atoms with van der Waals surface area (Å²) in [6.07, 6.45) is 10.1. The fraction of sp³-hybridized carbons (Fsp3) is 0.400. The molecule has 0 saturated heterocycles. The van der Waals surface area contributed by atoms with Crippen LogP contribution in [0.15, 0.2) is 46.5 Å². The summed E-state index contributed by atoms with van der Waals surface area (Å²) < 4.78 is 0. The molecule has 1 aliphatic rings. The molecule has 0 atom stereocenters. The summed E-state index contributed by atoms with van der Waals surface area (Å²) in [6.45, 7) is 0. The van der Waals surface area contributed by atoms with E-state index in [4.69, 9.17) is 0 Å². The lowest BCUT2D eigenvalue weighted by Crippen LogP contribution is -2.08. The van der Waals surface area contributed by atoms with Crippen molar-refractivity contribution in [2.45, 2.75) is 38.1 Å². The topological polar surface area (TPSA) is 24.7 Å². The average Bonchev–Trinajstić information content (AvgIpc) is 2.41. The van der Waals surface area contributed by atoms with E-state index in [2.05, 4.69) is 16.0 Å². The Labute approximate surface area is 103 Å². The molecular weight excluding hydrogens is 208 g/mol. The first-order valence-corrected chi connectivity index (χ1v) is 6.31. The smallest absolute Gasteiger partial charge is 0.0945 e. The number of hydrogen-bond donors (Lipinski definition) is 0. The van der Waals surface area contributed by atoms with Crippen LogP contribution < -0.4 is 0 Å². The maximum Gasteiger partial charge on any atom is 0.0945 e. The van der Waals surface area contributed by atoms with Gasteiger partial charge in [-0.05, 0) is 24.5 Å². The molecule has 0 N–H and O–H groups in total. The van der Waals surface area contributed by atoms with Crippen LogP contribution in [-0.2, 0) is 0 Å². The zero-order valence-corrected chi connectivity index (χ0v) is 10.0. The Kier molecular flexibility index (Phi) is 4.74. The van der Waals surface area contributed by atoms with Crippen LogP contribution in [0, 0.1) is 0 Å². The Morgan fingerprint density at radius 3 is 2.59 bits per heavy atom. The van der Waals surface area contributed by atoms with Crippen molar-refractivity contribution in [2.24, 2.45) is 9.98 Å². The van der Waals surface area contributed by atoms with Gasteiger partial charge < -0.3 is 0 Å². The van der Waals surface area contributed by atoms with Gasteiger partial charge in [0.05, 0.1) is 12.1 Å². The van der Waals surface area contributed by atoms with Crippen molar-refractivity contribution in [1.29, 1.82) is 0 Å². The van der Waals surface area contributed by atoms with Crippen LogP contribution in [-0.4, -0.2) is 12.1 Å². The van der Waals surface area contributed by atoms with Crippen LogP contribution in [0.25, 0.3) is 6.08 Å². The minimum Gasteiger partial charge on any atom is -0.222 e. The molecule has 1 aliphatic carbocycles. The van der Waals surface area contributed by atoms with Crippen molar-refractivity contribution in [3.05, 3.63) is 42.1 Å². The van der Waals surface area contributed by atoms with Crippen LogP contribution in [0.3, 0.4) is 0 Å². The molecule has 1 fully saturated rings. The minimum atomic E-state index is 0.456. The SMILES string of the molecule is C(=NC=Cc1ccccc1)=NC1CCCCC1. The quantitative estimate of drug-likeness (QED) is 0.691. The maximum absolute atomic E-state index is 4.35. The van der Waals surface area contributed by atoms with Gasteiger partial charge >= 0.3 is 0 Å². The summed E-state index contributed by atoms with van der Waals surface area (Å²) in [5.41, 5.74) is 1.15. The van der Waals surface area contributed by atoms with E-state index in [1.165, 1.54) is 32.1 Å². The second kappa shape index (κ2) is 6.82. The molecular formula is C15H18N2. The van der Waals surface area contributed by atoms with E-state index in [0.29, 0.717) is 6.04 Å². The highest BCUT2D eigenvalue weighted by atomic mass is 14.8. The lowest BCUT2D eigenvalue weighted by Gasteiger charge is -2.15. The largest absolute Gasteiger partial charge is 0.222 e. The maximum atomic E-state index is 4.35. The molecule has 1 aromatic rings. The molecule has 0 radical (unpaired) electrons. The Hall–Kier alpha value is -1.66. The van der Waals surface area contributed by atoms with Gasteiger partial charge in [-0.2, -0.15) is 4.99 Å². The molecule has 2 heteroatoms. The minimum absolute atomic E-state index is 0.456. The third-order valence-electron chi connectivity index (χ3n) is 3.01. The second-order valence-corrected chi connectivity index (χ2v) is 4.38. The normalized spacial score (nSPS) is 16.7. The Bertz CT molecular complexity index is 408. The standard InChI is InChI=1S/C15H18N2/c1-3-7-14(8-4-1)11-12-16-13-17-15-9-5-2-6-10-15/h1,3-4,7-8,11-12,15H,2,5-6,9-10H2. The van der Waals surface area contributed by atoms with E-state index in [1.807, 2.05) is 36.4 Å². The summed E-state index contributed by atoms with van der Waals surface area (Å²) in [5.74, 6) is 0. The molecule has 0 spiro atoms. The highest BCUT2D eigenvalue weighted by molar-refractivity contribution is 5.51. The van der Waals surface area contributed by atoms with Crippen molar-refractivity contribution in [3.63, 3.8) is 0 Å². The van der Waals surface area contributed by atoms with E-state index in [-0.39, 0.29) is 0 Å². The molecule has 2 nitrogen and oxygen atoms in total. The number of nitrogens with zero attached hydrogens (tertiary/aromatic N) is 2. The first-order chi connectivity index (χ1) is 8.45. The van der Waals surface area contributed by atoms with Crippen LogP contribution in [0.5, 0.6) is 0 Å². The van der Waals surface area contributed by atoms with Gasteiger partial charge in [-0.1, -0.05) is 49.6 Å². The Morgan fingerprint density at radius 2 is 1.82 bits per heavy atom.